The summed E-state index contributed by atoms with van der Waals surface area (Å²) in [6.07, 6.45) is 1.81. The largest absolute Gasteiger partial charge is 0.501 e. The number of ether oxygens (including phenoxy) is 1. The molecule has 2 rings (SSSR count). The Morgan fingerprint density at radius 2 is 1.95 bits per heavy atom. The number of ketones is 1. The van der Waals surface area contributed by atoms with Crippen LogP contribution in [0.1, 0.15) is 17.5 Å². The van der Waals surface area contributed by atoms with E-state index in [-0.39, 0.29) is 10.9 Å². The highest BCUT2D eigenvalue weighted by Gasteiger charge is 2.33. The second-order valence-electron chi connectivity index (χ2n) is 4.62. The monoisotopic (exact) mass is 276 g/mol. The Balaban J connectivity index is 2.13. The molecule has 1 aromatic rings. The van der Waals surface area contributed by atoms with Gasteiger partial charge in [0.2, 0.25) is 5.12 Å². The van der Waals surface area contributed by atoms with Crippen molar-refractivity contribution in [2.75, 3.05) is 7.11 Å². The maximum absolute atomic E-state index is 12.2. The van der Waals surface area contributed by atoms with Gasteiger partial charge in [-0.3, -0.25) is 9.59 Å². The predicted molar refractivity (Wildman–Crippen MR) is 75.0 cm³/mol. The second-order valence-corrected chi connectivity index (χ2v) is 5.63. The van der Waals surface area contributed by atoms with Gasteiger partial charge in [0.05, 0.1) is 13.0 Å². The second kappa shape index (κ2) is 5.61. The SMILES string of the molecule is COC1=CC(=O)C(C(=O)Sc2c(C)cccc2C)C1. The van der Waals surface area contributed by atoms with Gasteiger partial charge in [0.15, 0.2) is 5.78 Å². The molecule has 0 saturated carbocycles. The van der Waals surface area contributed by atoms with Crippen LogP contribution in [0.3, 0.4) is 0 Å². The van der Waals surface area contributed by atoms with E-state index < -0.39 is 5.92 Å². The molecule has 0 saturated heterocycles. The lowest BCUT2D eigenvalue weighted by atomic mass is 10.1. The van der Waals surface area contributed by atoms with Gasteiger partial charge in [-0.2, -0.15) is 0 Å². The summed E-state index contributed by atoms with van der Waals surface area (Å²) in [5.41, 5.74) is 2.12. The molecule has 0 fully saturated rings. The minimum atomic E-state index is -0.598. The Kier molecular flexibility index (Phi) is 4.10. The molecule has 1 aliphatic rings. The highest BCUT2D eigenvalue weighted by Crippen LogP contribution is 2.33. The summed E-state index contributed by atoms with van der Waals surface area (Å²) in [5, 5.41) is -0.106. The first-order valence-corrected chi connectivity index (χ1v) is 6.91. The average Bonchev–Trinajstić information content (AvgIpc) is 2.75. The summed E-state index contributed by atoms with van der Waals surface area (Å²) in [6.45, 7) is 3.94. The van der Waals surface area contributed by atoms with E-state index >= 15 is 0 Å². The molecule has 3 nitrogen and oxygen atoms in total. The highest BCUT2D eigenvalue weighted by molar-refractivity contribution is 8.13. The van der Waals surface area contributed by atoms with E-state index in [0.717, 1.165) is 27.8 Å². The first-order valence-electron chi connectivity index (χ1n) is 6.09. The molecule has 0 bridgehead atoms. The lowest BCUT2D eigenvalue weighted by molar-refractivity contribution is -0.124. The number of allylic oxidation sites excluding steroid dienone is 2. The van der Waals surface area contributed by atoms with Crippen LogP contribution in [0.5, 0.6) is 0 Å². The maximum Gasteiger partial charge on any atom is 0.204 e. The van der Waals surface area contributed by atoms with Crippen LogP contribution in [0.25, 0.3) is 0 Å². The van der Waals surface area contributed by atoms with Crippen molar-refractivity contribution < 1.29 is 14.3 Å². The molecule has 100 valence electrons. The minimum Gasteiger partial charge on any atom is -0.501 e. The maximum atomic E-state index is 12.2. The zero-order valence-electron chi connectivity index (χ0n) is 11.2. The van der Waals surface area contributed by atoms with Crippen molar-refractivity contribution in [3.05, 3.63) is 41.2 Å². The fourth-order valence-electron chi connectivity index (χ4n) is 2.09. The van der Waals surface area contributed by atoms with Crippen LogP contribution in [0.2, 0.25) is 0 Å². The molecular formula is C15H16O3S. The minimum absolute atomic E-state index is 0.106. The van der Waals surface area contributed by atoms with E-state index in [1.54, 1.807) is 0 Å². The number of hydrogen-bond donors (Lipinski definition) is 0. The van der Waals surface area contributed by atoms with Gasteiger partial charge in [0.1, 0.15) is 5.76 Å². The van der Waals surface area contributed by atoms with Crippen LogP contribution in [0.15, 0.2) is 34.9 Å². The molecule has 1 aliphatic carbocycles. The Morgan fingerprint density at radius 1 is 1.32 bits per heavy atom. The summed E-state index contributed by atoms with van der Waals surface area (Å²) in [5.74, 6) is -0.162. The van der Waals surface area contributed by atoms with E-state index in [1.165, 1.54) is 13.2 Å². The van der Waals surface area contributed by atoms with Crippen LogP contribution in [-0.2, 0) is 14.3 Å². The fraction of sp³-hybridized carbons (Fsp3) is 0.333. The third-order valence-electron chi connectivity index (χ3n) is 3.21. The summed E-state index contributed by atoms with van der Waals surface area (Å²) in [6, 6.07) is 5.90. The normalized spacial score (nSPS) is 18.4. The number of hydrogen-bond acceptors (Lipinski definition) is 4. The molecule has 1 atom stereocenters. The number of thioether (sulfide) groups is 1. The molecule has 4 heteroatoms. The van der Waals surface area contributed by atoms with Crippen molar-refractivity contribution in [1.82, 2.24) is 0 Å². The van der Waals surface area contributed by atoms with Crippen molar-refractivity contribution in [3.8, 4) is 0 Å². The standard InChI is InChI=1S/C15H16O3S/c1-9-5-4-6-10(2)14(9)19-15(17)12-7-11(18-3)8-13(12)16/h4-6,8,12H,7H2,1-3H3. The molecule has 0 N–H and O–H groups in total. The summed E-state index contributed by atoms with van der Waals surface area (Å²) in [4.78, 5) is 24.9. The highest BCUT2D eigenvalue weighted by atomic mass is 32.2. The summed E-state index contributed by atoms with van der Waals surface area (Å²) < 4.78 is 5.04. The topological polar surface area (TPSA) is 43.4 Å². The Hall–Kier alpha value is -1.55. The molecule has 0 spiro atoms. The van der Waals surface area contributed by atoms with Crippen LogP contribution in [0, 0.1) is 19.8 Å². The van der Waals surface area contributed by atoms with Gasteiger partial charge >= 0.3 is 0 Å². The molecule has 0 radical (unpaired) electrons. The van der Waals surface area contributed by atoms with Crippen molar-refractivity contribution >= 4 is 22.7 Å². The van der Waals surface area contributed by atoms with Gasteiger partial charge in [-0.25, -0.2) is 0 Å². The van der Waals surface area contributed by atoms with E-state index in [9.17, 15) is 9.59 Å². The zero-order chi connectivity index (χ0) is 14.0. The number of rotatable bonds is 3. The molecule has 0 amide bonds. The summed E-state index contributed by atoms with van der Waals surface area (Å²) >= 11 is 1.16. The van der Waals surface area contributed by atoms with Gasteiger partial charge in [0, 0.05) is 17.4 Å². The Morgan fingerprint density at radius 3 is 2.47 bits per heavy atom. The van der Waals surface area contributed by atoms with Crippen molar-refractivity contribution in [1.29, 1.82) is 0 Å². The Labute approximate surface area is 117 Å². The Bertz CT molecular complexity index is 540. The lowest BCUT2D eigenvalue weighted by Gasteiger charge is -2.11. The molecule has 0 aromatic heterocycles. The van der Waals surface area contributed by atoms with E-state index in [2.05, 4.69) is 0 Å². The van der Waals surface area contributed by atoms with E-state index in [0.29, 0.717) is 12.2 Å². The summed E-state index contributed by atoms with van der Waals surface area (Å²) in [7, 11) is 1.52. The number of aryl methyl sites for hydroxylation is 2. The number of methoxy groups -OCH3 is 1. The van der Waals surface area contributed by atoms with Crippen LogP contribution in [-0.4, -0.2) is 18.0 Å². The van der Waals surface area contributed by atoms with Gasteiger partial charge in [-0.05, 0) is 25.0 Å². The molecule has 0 heterocycles. The quantitative estimate of drug-likeness (QED) is 0.628. The van der Waals surface area contributed by atoms with Crippen molar-refractivity contribution in [3.63, 3.8) is 0 Å². The van der Waals surface area contributed by atoms with E-state index in [4.69, 9.17) is 4.74 Å². The third-order valence-corrected chi connectivity index (χ3v) is 4.54. The van der Waals surface area contributed by atoms with E-state index in [1.807, 2.05) is 32.0 Å². The molecule has 19 heavy (non-hydrogen) atoms. The van der Waals surface area contributed by atoms with Crippen molar-refractivity contribution in [2.24, 2.45) is 5.92 Å². The van der Waals surface area contributed by atoms with Gasteiger partial charge in [-0.1, -0.05) is 30.0 Å². The molecular weight excluding hydrogens is 260 g/mol. The number of benzene rings is 1. The first kappa shape index (κ1) is 13.9. The average molecular weight is 276 g/mol. The lowest BCUT2D eigenvalue weighted by Crippen LogP contribution is -2.16. The third kappa shape index (κ3) is 2.89. The predicted octanol–water partition coefficient (Wildman–Crippen LogP) is 3.04. The molecule has 1 unspecified atom stereocenters. The zero-order valence-corrected chi connectivity index (χ0v) is 12.0. The van der Waals surface area contributed by atoms with Gasteiger partial charge in [0.25, 0.3) is 0 Å². The molecule has 1 aromatic carbocycles. The van der Waals surface area contributed by atoms with Crippen LogP contribution in [0.4, 0.5) is 0 Å². The van der Waals surface area contributed by atoms with Crippen LogP contribution < -0.4 is 0 Å². The van der Waals surface area contributed by atoms with Crippen molar-refractivity contribution in [2.45, 2.75) is 25.2 Å². The van der Waals surface area contributed by atoms with Crippen LogP contribution >= 0.6 is 11.8 Å². The first-order chi connectivity index (χ1) is 9.02. The number of carbonyl (C=O) groups excluding carboxylic acids is 2. The fourth-order valence-corrected chi connectivity index (χ4v) is 3.09. The molecule has 0 aliphatic heterocycles. The van der Waals surface area contributed by atoms with Gasteiger partial charge in [-0.15, -0.1) is 0 Å². The van der Waals surface area contributed by atoms with Gasteiger partial charge < -0.3 is 4.74 Å². The number of carbonyl (C=O) groups is 2. The smallest absolute Gasteiger partial charge is 0.204 e.